The summed E-state index contributed by atoms with van der Waals surface area (Å²) in [7, 11) is -3.70. The van der Waals surface area contributed by atoms with Crippen molar-refractivity contribution in [3.8, 4) is 0 Å². The Labute approximate surface area is 120 Å². The van der Waals surface area contributed by atoms with Gasteiger partial charge in [0.1, 0.15) is 4.88 Å². The number of nitrogens with two attached hydrogens (primary N) is 1. The number of piperidine rings is 1. The maximum Gasteiger partial charge on any atom is 0.345 e. The van der Waals surface area contributed by atoms with Crippen LogP contribution in [0.2, 0.25) is 0 Å². The lowest BCUT2D eigenvalue weighted by Crippen LogP contribution is -2.41. The number of rotatable bonds is 4. The molecule has 20 heavy (non-hydrogen) atoms. The summed E-state index contributed by atoms with van der Waals surface area (Å²) >= 11 is 0.874. The Hall–Kier alpha value is -1.45. The zero-order chi connectivity index (χ0) is 14.9. The largest absolute Gasteiger partial charge is 0.477 e. The molecule has 0 bridgehead atoms. The summed E-state index contributed by atoms with van der Waals surface area (Å²) in [6.07, 6.45) is 0.787. The molecule has 3 N–H and O–H groups in total. The number of hydrogen-bond donors (Lipinski definition) is 2. The van der Waals surface area contributed by atoms with E-state index >= 15 is 0 Å². The van der Waals surface area contributed by atoms with Gasteiger partial charge in [0.25, 0.3) is 0 Å². The average Bonchev–Trinajstić information content (AvgIpc) is 2.89. The molecule has 0 atom stereocenters. The van der Waals surface area contributed by atoms with Crippen molar-refractivity contribution in [2.45, 2.75) is 17.7 Å². The van der Waals surface area contributed by atoms with Gasteiger partial charge in [-0.3, -0.25) is 4.79 Å². The van der Waals surface area contributed by atoms with Crippen molar-refractivity contribution in [1.29, 1.82) is 0 Å². The minimum atomic E-state index is -3.70. The van der Waals surface area contributed by atoms with Crippen molar-refractivity contribution < 1.29 is 23.1 Å². The second kappa shape index (κ2) is 5.51. The van der Waals surface area contributed by atoms with Gasteiger partial charge in [-0.25, -0.2) is 13.2 Å². The second-order valence-corrected chi connectivity index (χ2v) is 7.38. The summed E-state index contributed by atoms with van der Waals surface area (Å²) < 4.78 is 25.9. The summed E-state index contributed by atoms with van der Waals surface area (Å²) in [6, 6.07) is 1.16. The van der Waals surface area contributed by atoms with E-state index in [2.05, 4.69) is 0 Å². The molecule has 1 aliphatic rings. The number of sulfonamides is 1. The highest BCUT2D eigenvalue weighted by atomic mass is 32.2. The minimum absolute atomic E-state index is 0.0163. The van der Waals surface area contributed by atoms with Gasteiger partial charge < -0.3 is 10.8 Å². The average molecular weight is 318 g/mol. The topological polar surface area (TPSA) is 118 Å². The SMILES string of the molecule is NC(=O)C1CCN(S(=O)(=O)c2csc(C(=O)O)c2)CC1. The predicted molar refractivity (Wildman–Crippen MR) is 72.0 cm³/mol. The standard InChI is InChI=1S/C11H14N2O5S2/c12-10(14)7-1-3-13(4-2-7)20(17,18)8-5-9(11(15)16)19-6-8/h5-7H,1-4H2,(H2,12,14)(H,15,16). The number of carbonyl (C=O) groups excluding carboxylic acids is 1. The maximum absolute atomic E-state index is 12.3. The number of thiophene rings is 1. The smallest absolute Gasteiger partial charge is 0.345 e. The van der Waals surface area contributed by atoms with E-state index in [0.29, 0.717) is 12.8 Å². The Kier molecular flexibility index (Phi) is 4.11. The van der Waals surface area contributed by atoms with Crippen molar-refractivity contribution in [2.24, 2.45) is 11.7 Å². The Morgan fingerprint density at radius 1 is 1.35 bits per heavy atom. The van der Waals surface area contributed by atoms with Gasteiger partial charge in [-0.1, -0.05) is 0 Å². The Morgan fingerprint density at radius 2 is 1.95 bits per heavy atom. The van der Waals surface area contributed by atoms with E-state index < -0.39 is 21.9 Å². The van der Waals surface area contributed by atoms with Gasteiger partial charge in [-0.15, -0.1) is 11.3 Å². The van der Waals surface area contributed by atoms with Crippen molar-refractivity contribution in [3.05, 3.63) is 16.3 Å². The molecule has 1 aromatic rings. The van der Waals surface area contributed by atoms with E-state index in [0.717, 1.165) is 17.4 Å². The summed E-state index contributed by atoms with van der Waals surface area (Å²) in [5, 5.41) is 10.1. The summed E-state index contributed by atoms with van der Waals surface area (Å²) in [6.45, 7) is 0.433. The van der Waals surface area contributed by atoms with Gasteiger partial charge in [-0.05, 0) is 18.9 Å². The third-order valence-corrected chi connectivity index (χ3v) is 6.22. The lowest BCUT2D eigenvalue weighted by Gasteiger charge is -2.29. The molecule has 1 amide bonds. The molecular weight excluding hydrogens is 304 g/mol. The van der Waals surface area contributed by atoms with Gasteiger partial charge >= 0.3 is 5.97 Å². The first-order chi connectivity index (χ1) is 9.32. The van der Waals surface area contributed by atoms with Crippen molar-refractivity contribution >= 4 is 33.2 Å². The highest BCUT2D eigenvalue weighted by Crippen LogP contribution is 2.26. The molecule has 7 nitrogen and oxygen atoms in total. The number of amides is 1. The van der Waals surface area contributed by atoms with Gasteiger partial charge in [0.15, 0.2) is 0 Å². The zero-order valence-corrected chi connectivity index (χ0v) is 12.1. The molecule has 0 spiro atoms. The summed E-state index contributed by atoms with van der Waals surface area (Å²) in [4.78, 5) is 21.8. The fourth-order valence-electron chi connectivity index (χ4n) is 2.10. The maximum atomic E-state index is 12.3. The van der Waals surface area contributed by atoms with Crippen LogP contribution in [-0.4, -0.2) is 42.8 Å². The van der Waals surface area contributed by atoms with Crippen LogP contribution in [0.5, 0.6) is 0 Å². The zero-order valence-electron chi connectivity index (χ0n) is 10.5. The Morgan fingerprint density at radius 3 is 2.40 bits per heavy atom. The molecule has 1 saturated heterocycles. The van der Waals surface area contributed by atoms with E-state index in [1.807, 2.05) is 0 Å². The van der Waals surface area contributed by atoms with Crippen LogP contribution in [0.3, 0.4) is 0 Å². The first kappa shape index (κ1) is 14.9. The van der Waals surface area contributed by atoms with Crippen LogP contribution < -0.4 is 5.73 Å². The molecule has 0 radical (unpaired) electrons. The van der Waals surface area contributed by atoms with Crippen molar-refractivity contribution in [3.63, 3.8) is 0 Å². The monoisotopic (exact) mass is 318 g/mol. The van der Waals surface area contributed by atoms with Gasteiger partial charge in [-0.2, -0.15) is 4.31 Å². The number of carboxylic acids is 1. The van der Waals surface area contributed by atoms with Crippen molar-refractivity contribution in [1.82, 2.24) is 4.31 Å². The van der Waals surface area contributed by atoms with E-state index in [9.17, 15) is 18.0 Å². The van der Waals surface area contributed by atoms with Gasteiger partial charge in [0.05, 0.1) is 4.90 Å². The molecule has 9 heteroatoms. The fourth-order valence-corrected chi connectivity index (χ4v) is 4.66. The molecule has 0 aliphatic carbocycles. The van der Waals surface area contributed by atoms with Crippen LogP contribution in [0.4, 0.5) is 0 Å². The van der Waals surface area contributed by atoms with Crippen LogP contribution in [0, 0.1) is 5.92 Å². The number of carbonyl (C=O) groups is 2. The molecule has 110 valence electrons. The molecule has 2 rings (SSSR count). The summed E-state index contributed by atoms with van der Waals surface area (Å²) in [5.74, 6) is -1.85. The van der Waals surface area contributed by atoms with Gasteiger partial charge in [0, 0.05) is 24.4 Å². The first-order valence-electron chi connectivity index (χ1n) is 5.93. The number of primary amides is 1. The highest BCUT2D eigenvalue weighted by molar-refractivity contribution is 7.89. The van der Waals surface area contributed by atoms with E-state index in [-0.39, 0.29) is 28.8 Å². The molecule has 1 aromatic heterocycles. The molecule has 1 aliphatic heterocycles. The summed E-state index contributed by atoms with van der Waals surface area (Å²) in [5.41, 5.74) is 5.20. The molecule has 0 saturated carbocycles. The highest BCUT2D eigenvalue weighted by Gasteiger charge is 2.32. The third-order valence-electron chi connectivity index (χ3n) is 3.28. The van der Waals surface area contributed by atoms with Crippen molar-refractivity contribution in [2.75, 3.05) is 13.1 Å². The Balaban J connectivity index is 2.15. The molecule has 1 fully saturated rings. The number of nitrogens with zero attached hydrogens (tertiary/aromatic N) is 1. The van der Waals surface area contributed by atoms with Crippen LogP contribution >= 0.6 is 11.3 Å². The molecule has 0 unspecified atom stereocenters. The number of hydrogen-bond acceptors (Lipinski definition) is 5. The van der Waals surface area contributed by atoms with Crippen LogP contribution in [0.1, 0.15) is 22.5 Å². The van der Waals surface area contributed by atoms with E-state index in [1.165, 1.54) is 9.69 Å². The predicted octanol–water partition coefficient (Wildman–Crippen LogP) is 0.332. The quantitative estimate of drug-likeness (QED) is 0.829. The van der Waals surface area contributed by atoms with Gasteiger partial charge in [0.2, 0.25) is 15.9 Å². The molecule has 0 aromatic carbocycles. The molecular formula is C11H14N2O5S2. The van der Waals surface area contributed by atoms with Crippen LogP contribution in [0.15, 0.2) is 16.3 Å². The van der Waals surface area contributed by atoms with E-state index in [1.54, 1.807) is 0 Å². The molecule has 2 heterocycles. The minimum Gasteiger partial charge on any atom is -0.477 e. The second-order valence-electron chi connectivity index (χ2n) is 4.53. The lowest BCUT2D eigenvalue weighted by atomic mass is 9.98. The first-order valence-corrected chi connectivity index (χ1v) is 8.25. The third kappa shape index (κ3) is 2.84. The normalized spacial score (nSPS) is 18.0. The fraction of sp³-hybridized carbons (Fsp3) is 0.455. The number of carboxylic acid groups (broad SMARTS) is 1. The lowest BCUT2D eigenvalue weighted by molar-refractivity contribution is -0.122. The van der Waals surface area contributed by atoms with Crippen LogP contribution in [0.25, 0.3) is 0 Å². The number of aromatic carboxylic acids is 1. The van der Waals surface area contributed by atoms with E-state index in [4.69, 9.17) is 10.8 Å². The Bertz CT molecular complexity index is 629. The van der Waals surface area contributed by atoms with Crippen LogP contribution in [-0.2, 0) is 14.8 Å².